The first kappa shape index (κ1) is 7.60. The summed E-state index contributed by atoms with van der Waals surface area (Å²) in [6.07, 6.45) is 0. The highest BCUT2D eigenvalue weighted by Crippen LogP contribution is 2.27. The van der Waals surface area contributed by atoms with E-state index in [1.807, 2.05) is 0 Å². The van der Waals surface area contributed by atoms with E-state index in [4.69, 9.17) is 5.11 Å². The van der Waals surface area contributed by atoms with Gasteiger partial charge in [0, 0.05) is 11.7 Å². The van der Waals surface area contributed by atoms with Gasteiger partial charge in [-0.15, -0.1) is 11.8 Å². The molecule has 56 valence electrons. The van der Waals surface area contributed by atoms with Crippen LogP contribution in [0.4, 0.5) is 0 Å². The third-order valence-corrected chi connectivity index (χ3v) is 2.94. The Hall–Kier alpha value is -0.510. The van der Waals surface area contributed by atoms with Crippen LogP contribution in [-0.4, -0.2) is 27.9 Å². The van der Waals surface area contributed by atoms with Crippen molar-refractivity contribution in [1.29, 1.82) is 0 Å². The van der Waals surface area contributed by atoms with Crippen molar-refractivity contribution in [2.45, 2.75) is 12.2 Å². The first-order valence-corrected chi connectivity index (χ1v) is 4.06. The SMILES string of the molecule is CC1CSC(C(=O)O)C1=O. The molecule has 0 saturated carbocycles. The van der Waals surface area contributed by atoms with E-state index < -0.39 is 11.2 Å². The highest BCUT2D eigenvalue weighted by molar-refractivity contribution is 8.01. The number of carboxylic acids is 1. The van der Waals surface area contributed by atoms with Crippen molar-refractivity contribution in [3.05, 3.63) is 0 Å². The number of carbonyl (C=O) groups excluding carboxylic acids is 1. The molecule has 0 radical (unpaired) electrons. The molecule has 1 rings (SSSR count). The molecule has 0 aromatic rings. The standard InChI is InChI=1S/C6H8O3S/c1-3-2-10-5(4(3)7)6(8)9/h3,5H,2H2,1H3,(H,8,9). The number of carboxylic acid groups (broad SMARTS) is 1. The van der Waals surface area contributed by atoms with Crippen molar-refractivity contribution in [1.82, 2.24) is 0 Å². The van der Waals surface area contributed by atoms with Crippen molar-refractivity contribution in [2.75, 3.05) is 5.75 Å². The van der Waals surface area contributed by atoms with E-state index in [1.165, 1.54) is 11.8 Å². The zero-order valence-corrected chi connectivity index (χ0v) is 6.35. The quantitative estimate of drug-likeness (QED) is 0.564. The van der Waals surface area contributed by atoms with Gasteiger partial charge >= 0.3 is 5.97 Å². The van der Waals surface area contributed by atoms with Crippen molar-refractivity contribution in [2.24, 2.45) is 5.92 Å². The fourth-order valence-corrected chi connectivity index (χ4v) is 2.04. The van der Waals surface area contributed by atoms with E-state index in [0.717, 1.165) is 0 Å². The molecule has 1 heterocycles. The number of Topliss-reactive ketones (excluding diaryl/α,β-unsaturated/α-hetero) is 1. The molecule has 3 nitrogen and oxygen atoms in total. The number of hydrogen-bond donors (Lipinski definition) is 1. The molecule has 1 aliphatic heterocycles. The van der Waals surface area contributed by atoms with Crippen LogP contribution < -0.4 is 0 Å². The topological polar surface area (TPSA) is 54.4 Å². The largest absolute Gasteiger partial charge is 0.480 e. The monoisotopic (exact) mass is 160 g/mol. The first-order chi connectivity index (χ1) is 4.63. The lowest BCUT2D eigenvalue weighted by Gasteiger charge is -1.98. The summed E-state index contributed by atoms with van der Waals surface area (Å²) in [5.41, 5.74) is 0. The van der Waals surface area contributed by atoms with Crippen LogP contribution in [0.25, 0.3) is 0 Å². The number of carbonyl (C=O) groups is 2. The summed E-state index contributed by atoms with van der Waals surface area (Å²) >= 11 is 1.22. The van der Waals surface area contributed by atoms with E-state index in [9.17, 15) is 9.59 Å². The van der Waals surface area contributed by atoms with Gasteiger partial charge in [0.2, 0.25) is 0 Å². The molecule has 0 spiro atoms. The van der Waals surface area contributed by atoms with Gasteiger partial charge in [0.25, 0.3) is 0 Å². The summed E-state index contributed by atoms with van der Waals surface area (Å²) in [6.45, 7) is 1.76. The van der Waals surface area contributed by atoms with E-state index in [2.05, 4.69) is 0 Å². The maximum absolute atomic E-state index is 10.9. The Kier molecular flexibility index (Phi) is 1.99. The second-order valence-electron chi connectivity index (χ2n) is 2.36. The van der Waals surface area contributed by atoms with Gasteiger partial charge in [0.15, 0.2) is 11.0 Å². The molecule has 0 bridgehead atoms. The summed E-state index contributed by atoms with van der Waals surface area (Å²) in [6, 6.07) is 0. The number of thioether (sulfide) groups is 1. The number of ketones is 1. The first-order valence-electron chi connectivity index (χ1n) is 3.01. The second-order valence-corrected chi connectivity index (χ2v) is 3.49. The van der Waals surface area contributed by atoms with Crippen LogP contribution in [0, 0.1) is 5.92 Å². The van der Waals surface area contributed by atoms with Crippen LogP contribution in [0.15, 0.2) is 0 Å². The van der Waals surface area contributed by atoms with Gasteiger partial charge in [-0.25, -0.2) is 0 Å². The smallest absolute Gasteiger partial charge is 0.324 e. The van der Waals surface area contributed by atoms with Crippen molar-refractivity contribution in [3.63, 3.8) is 0 Å². The molecule has 10 heavy (non-hydrogen) atoms. The van der Waals surface area contributed by atoms with E-state index in [-0.39, 0.29) is 11.7 Å². The van der Waals surface area contributed by atoms with Crippen LogP contribution in [0.2, 0.25) is 0 Å². The molecule has 1 aliphatic rings. The zero-order chi connectivity index (χ0) is 7.72. The fraction of sp³-hybridized carbons (Fsp3) is 0.667. The van der Waals surface area contributed by atoms with Crippen molar-refractivity contribution < 1.29 is 14.7 Å². The highest BCUT2D eigenvalue weighted by atomic mass is 32.2. The molecule has 2 atom stereocenters. The average Bonchev–Trinajstić information content (AvgIpc) is 2.14. The molecule has 1 saturated heterocycles. The van der Waals surface area contributed by atoms with E-state index in [1.54, 1.807) is 6.92 Å². The Bertz CT molecular complexity index is 178. The number of hydrogen-bond acceptors (Lipinski definition) is 3. The number of rotatable bonds is 1. The maximum atomic E-state index is 10.9. The molecule has 0 aromatic heterocycles. The van der Waals surface area contributed by atoms with E-state index in [0.29, 0.717) is 5.75 Å². The highest BCUT2D eigenvalue weighted by Gasteiger charge is 2.36. The molecular formula is C6H8O3S. The molecule has 1 N–H and O–H groups in total. The Balaban J connectivity index is 2.66. The Morgan fingerprint density at radius 3 is 2.60 bits per heavy atom. The molecular weight excluding hydrogens is 152 g/mol. The molecule has 4 heteroatoms. The minimum atomic E-state index is -1.00. The predicted molar refractivity (Wildman–Crippen MR) is 38.1 cm³/mol. The van der Waals surface area contributed by atoms with Crippen LogP contribution in [0.5, 0.6) is 0 Å². The normalized spacial score (nSPS) is 32.7. The van der Waals surface area contributed by atoms with Crippen LogP contribution in [-0.2, 0) is 9.59 Å². The number of aliphatic carboxylic acids is 1. The van der Waals surface area contributed by atoms with Gasteiger partial charge < -0.3 is 5.11 Å². The molecule has 0 aliphatic carbocycles. The lowest BCUT2D eigenvalue weighted by Crippen LogP contribution is -2.24. The van der Waals surface area contributed by atoms with Gasteiger partial charge in [-0.3, -0.25) is 9.59 Å². The summed E-state index contributed by atoms with van der Waals surface area (Å²) < 4.78 is 0. The van der Waals surface area contributed by atoms with Gasteiger partial charge in [0.1, 0.15) is 0 Å². The third kappa shape index (κ3) is 1.16. The predicted octanol–water partition coefficient (Wildman–Crippen LogP) is 0.392. The van der Waals surface area contributed by atoms with Crippen LogP contribution in [0.1, 0.15) is 6.92 Å². The lowest BCUT2D eigenvalue weighted by atomic mass is 10.1. The molecule has 1 fully saturated rings. The molecule has 0 aromatic carbocycles. The summed E-state index contributed by atoms with van der Waals surface area (Å²) in [5, 5.41) is 7.66. The zero-order valence-electron chi connectivity index (χ0n) is 5.53. The summed E-state index contributed by atoms with van der Waals surface area (Å²) in [5.74, 6) is -0.571. The molecule has 2 unspecified atom stereocenters. The van der Waals surface area contributed by atoms with Crippen molar-refractivity contribution >= 4 is 23.5 Å². The minimum absolute atomic E-state index is 0.0777. The Labute approximate surface area is 62.8 Å². The summed E-state index contributed by atoms with van der Waals surface area (Å²) in [7, 11) is 0. The second kappa shape index (κ2) is 2.62. The van der Waals surface area contributed by atoms with Gasteiger partial charge in [-0.1, -0.05) is 6.92 Å². The third-order valence-electron chi connectivity index (χ3n) is 1.48. The van der Waals surface area contributed by atoms with E-state index >= 15 is 0 Å². The van der Waals surface area contributed by atoms with Crippen molar-refractivity contribution in [3.8, 4) is 0 Å². The van der Waals surface area contributed by atoms with Crippen LogP contribution >= 0.6 is 11.8 Å². The maximum Gasteiger partial charge on any atom is 0.324 e. The fourth-order valence-electron chi connectivity index (χ4n) is 0.856. The minimum Gasteiger partial charge on any atom is -0.480 e. The summed E-state index contributed by atoms with van der Waals surface area (Å²) in [4.78, 5) is 21.3. The average molecular weight is 160 g/mol. The van der Waals surface area contributed by atoms with Crippen LogP contribution in [0.3, 0.4) is 0 Å². The van der Waals surface area contributed by atoms with Gasteiger partial charge in [-0.2, -0.15) is 0 Å². The van der Waals surface area contributed by atoms with Gasteiger partial charge in [-0.05, 0) is 0 Å². The Morgan fingerprint density at radius 1 is 1.80 bits per heavy atom. The molecule has 0 amide bonds. The Morgan fingerprint density at radius 2 is 2.40 bits per heavy atom. The van der Waals surface area contributed by atoms with Gasteiger partial charge in [0.05, 0.1) is 0 Å². The lowest BCUT2D eigenvalue weighted by molar-refractivity contribution is -0.139.